The molecule has 0 aliphatic carbocycles. The van der Waals surface area contributed by atoms with E-state index >= 15 is 0 Å². The van der Waals surface area contributed by atoms with Crippen LogP contribution in [0.1, 0.15) is 6.42 Å². The van der Waals surface area contributed by atoms with Gasteiger partial charge in [0.1, 0.15) is 6.33 Å². The second-order valence-corrected chi connectivity index (χ2v) is 3.94. The van der Waals surface area contributed by atoms with Crippen molar-refractivity contribution in [2.75, 3.05) is 18.4 Å². The normalized spacial score (nSPS) is 21.1. The Morgan fingerprint density at radius 1 is 1.79 bits per heavy atom. The third-order valence-electron chi connectivity index (χ3n) is 2.19. The van der Waals surface area contributed by atoms with Crippen LogP contribution in [0.5, 0.6) is 0 Å². The van der Waals surface area contributed by atoms with Crippen molar-refractivity contribution in [2.45, 2.75) is 12.5 Å². The number of nitrogens with two attached hydrogens (primary N) is 1. The number of hydrogen-bond acceptors (Lipinski definition) is 5. The Kier molecular flexibility index (Phi) is 2.49. The molecule has 0 radical (unpaired) electrons. The number of likely N-dealkylation sites (tertiary alicyclic amines) is 1. The van der Waals surface area contributed by atoms with E-state index in [9.17, 15) is 4.79 Å². The number of aromatic nitrogens is 2. The van der Waals surface area contributed by atoms with Gasteiger partial charge in [0, 0.05) is 30.7 Å². The van der Waals surface area contributed by atoms with Crippen LogP contribution in [0.2, 0.25) is 0 Å². The molecule has 1 aromatic rings. The van der Waals surface area contributed by atoms with E-state index in [-0.39, 0.29) is 12.1 Å². The molecule has 0 bridgehead atoms. The van der Waals surface area contributed by atoms with Gasteiger partial charge in [-0.3, -0.25) is 0 Å². The van der Waals surface area contributed by atoms with Crippen molar-refractivity contribution < 1.29 is 4.79 Å². The molecule has 1 aliphatic rings. The van der Waals surface area contributed by atoms with Crippen molar-refractivity contribution in [1.82, 2.24) is 14.3 Å². The van der Waals surface area contributed by atoms with Gasteiger partial charge in [-0.05, 0) is 6.42 Å². The minimum absolute atomic E-state index is 0.246. The SMILES string of the molecule is NC(=O)N1CCC(Nc2ncns2)C1. The summed E-state index contributed by atoms with van der Waals surface area (Å²) < 4.78 is 3.88. The third-order valence-corrected chi connectivity index (χ3v) is 2.78. The van der Waals surface area contributed by atoms with E-state index in [1.54, 1.807) is 4.90 Å². The van der Waals surface area contributed by atoms with Gasteiger partial charge in [0.2, 0.25) is 5.13 Å². The van der Waals surface area contributed by atoms with E-state index in [2.05, 4.69) is 14.7 Å². The molecule has 0 saturated carbocycles. The monoisotopic (exact) mass is 213 g/mol. The number of rotatable bonds is 2. The molecule has 1 unspecified atom stereocenters. The summed E-state index contributed by atoms with van der Waals surface area (Å²) in [5.41, 5.74) is 5.17. The highest BCUT2D eigenvalue weighted by Gasteiger charge is 2.24. The minimum atomic E-state index is -0.355. The maximum absolute atomic E-state index is 10.8. The van der Waals surface area contributed by atoms with Crippen LogP contribution in [-0.2, 0) is 0 Å². The molecule has 76 valence electrons. The number of urea groups is 1. The van der Waals surface area contributed by atoms with Gasteiger partial charge in [-0.25, -0.2) is 9.78 Å². The third kappa shape index (κ3) is 1.92. The van der Waals surface area contributed by atoms with Gasteiger partial charge >= 0.3 is 6.03 Å². The van der Waals surface area contributed by atoms with Crippen molar-refractivity contribution >= 4 is 22.7 Å². The summed E-state index contributed by atoms with van der Waals surface area (Å²) in [7, 11) is 0. The molecule has 1 saturated heterocycles. The zero-order chi connectivity index (χ0) is 9.97. The lowest BCUT2D eigenvalue weighted by atomic mass is 10.3. The number of nitrogens with one attached hydrogen (secondary N) is 1. The van der Waals surface area contributed by atoms with E-state index in [4.69, 9.17) is 5.73 Å². The first-order chi connectivity index (χ1) is 6.75. The van der Waals surface area contributed by atoms with Crippen molar-refractivity contribution in [1.29, 1.82) is 0 Å². The molecule has 1 fully saturated rings. The molecule has 0 aromatic carbocycles. The lowest BCUT2D eigenvalue weighted by molar-refractivity contribution is 0.218. The average Bonchev–Trinajstić information content (AvgIpc) is 2.75. The summed E-state index contributed by atoms with van der Waals surface area (Å²) >= 11 is 1.31. The summed E-state index contributed by atoms with van der Waals surface area (Å²) in [6.45, 7) is 1.36. The van der Waals surface area contributed by atoms with Gasteiger partial charge in [0.25, 0.3) is 0 Å². The first-order valence-corrected chi connectivity index (χ1v) is 5.10. The highest BCUT2D eigenvalue weighted by Crippen LogP contribution is 2.15. The summed E-state index contributed by atoms with van der Waals surface area (Å²) in [6, 6.07) is -0.109. The molecular weight excluding hydrogens is 202 g/mol. The highest BCUT2D eigenvalue weighted by molar-refractivity contribution is 7.09. The van der Waals surface area contributed by atoms with Crippen LogP contribution >= 0.6 is 11.5 Å². The molecule has 2 rings (SSSR count). The topological polar surface area (TPSA) is 84.1 Å². The van der Waals surface area contributed by atoms with Gasteiger partial charge < -0.3 is 16.0 Å². The molecule has 14 heavy (non-hydrogen) atoms. The van der Waals surface area contributed by atoms with Gasteiger partial charge in [0.15, 0.2) is 0 Å². The molecule has 7 heteroatoms. The summed E-state index contributed by atoms with van der Waals surface area (Å²) in [4.78, 5) is 16.5. The second kappa shape index (κ2) is 3.79. The van der Waals surface area contributed by atoms with Gasteiger partial charge in [-0.15, -0.1) is 0 Å². The fourth-order valence-corrected chi connectivity index (χ4v) is 2.00. The number of amides is 2. The van der Waals surface area contributed by atoms with E-state index in [0.29, 0.717) is 13.1 Å². The molecule has 0 spiro atoms. The van der Waals surface area contributed by atoms with E-state index < -0.39 is 0 Å². The minimum Gasteiger partial charge on any atom is -0.356 e. The Balaban J connectivity index is 1.87. The molecule has 1 atom stereocenters. The Morgan fingerprint density at radius 3 is 3.21 bits per heavy atom. The van der Waals surface area contributed by atoms with Crippen LogP contribution in [0.25, 0.3) is 0 Å². The quantitative estimate of drug-likeness (QED) is 0.730. The van der Waals surface area contributed by atoms with E-state index in [0.717, 1.165) is 11.6 Å². The largest absolute Gasteiger partial charge is 0.356 e. The standard InChI is InChI=1S/C7H11N5OS/c8-6(13)12-2-1-5(3-12)11-7-9-4-10-14-7/h4-5H,1-3H2,(H2,8,13)(H,9,10,11). The van der Waals surface area contributed by atoms with Crippen LogP contribution in [0.4, 0.5) is 9.93 Å². The zero-order valence-electron chi connectivity index (χ0n) is 7.51. The van der Waals surface area contributed by atoms with Crippen molar-refractivity contribution in [3.8, 4) is 0 Å². The molecule has 1 aromatic heterocycles. The first-order valence-electron chi connectivity index (χ1n) is 4.33. The van der Waals surface area contributed by atoms with Crippen LogP contribution in [0.3, 0.4) is 0 Å². The lowest BCUT2D eigenvalue weighted by Gasteiger charge is -2.13. The fourth-order valence-electron chi connectivity index (χ4n) is 1.49. The molecule has 6 nitrogen and oxygen atoms in total. The van der Waals surface area contributed by atoms with Crippen LogP contribution < -0.4 is 11.1 Å². The van der Waals surface area contributed by atoms with E-state index in [1.165, 1.54) is 17.9 Å². The van der Waals surface area contributed by atoms with Crippen molar-refractivity contribution in [3.63, 3.8) is 0 Å². The number of nitrogens with zero attached hydrogens (tertiary/aromatic N) is 3. The maximum Gasteiger partial charge on any atom is 0.314 e. The Morgan fingerprint density at radius 2 is 2.64 bits per heavy atom. The van der Waals surface area contributed by atoms with Crippen molar-refractivity contribution in [2.24, 2.45) is 5.73 Å². The Labute approximate surface area is 85.3 Å². The number of primary amides is 1. The zero-order valence-corrected chi connectivity index (χ0v) is 8.33. The Hall–Kier alpha value is -1.37. The predicted molar refractivity (Wildman–Crippen MR) is 53.1 cm³/mol. The molecule has 2 heterocycles. The molecule has 3 N–H and O–H groups in total. The summed E-state index contributed by atoms with van der Waals surface area (Å²) in [6.07, 6.45) is 2.41. The lowest BCUT2D eigenvalue weighted by Crippen LogP contribution is -2.35. The van der Waals surface area contributed by atoms with E-state index in [1.807, 2.05) is 0 Å². The van der Waals surface area contributed by atoms with Gasteiger partial charge in [-0.2, -0.15) is 4.37 Å². The number of hydrogen-bond donors (Lipinski definition) is 2. The summed E-state index contributed by atoms with van der Waals surface area (Å²) in [5, 5.41) is 3.99. The fraction of sp³-hybridized carbons (Fsp3) is 0.571. The molecule has 2 amide bonds. The van der Waals surface area contributed by atoms with Gasteiger partial charge in [-0.1, -0.05) is 0 Å². The van der Waals surface area contributed by atoms with Crippen LogP contribution in [0.15, 0.2) is 6.33 Å². The number of anilines is 1. The average molecular weight is 213 g/mol. The molecular formula is C7H11N5OS. The van der Waals surface area contributed by atoms with Crippen LogP contribution in [0, 0.1) is 0 Å². The van der Waals surface area contributed by atoms with Crippen molar-refractivity contribution in [3.05, 3.63) is 6.33 Å². The number of carbonyl (C=O) groups excluding carboxylic acids is 1. The first kappa shape index (κ1) is 9.20. The van der Waals surface area contributed by atoms with Crippen LogP contribution in [-0.4, -0.2) is 39.4 Å². The highest BCUT2D eigenvalue weighted by atomic mass is 32.1. The maximum atomic E-state index is 10.8. The smallest absolute Gasteiger partial charge is 0.314 e. The van der Waals surface area contributed by atoms with Gasteiger partial charge in [0.05, 0.1) is 0 Å². The Bertz CT molecular complexity index is 314. The second-order valence-electron chi connectivity index (χ2n) is 3.16. The molecule has 1 aliphatic heterocycles. The summed E-state index contributed by atoms with van der Waals surface area (Å²) in [5.74, 6) is 0. The number of carbonyl (C=O) groups is 1. The predicted octanol–water partition coefficient (Wildman–Crippen LogP) is 0.103.